The number of phosphoric acid groups is 1. The highest BCUT2D eigenvalue weighted by molar-refractivity contribution is 7.47. The molecule has 6 atom stereocenters. The molecule has 1 aliphatic rings. The van der Waals surface area contributed by atoms with E-state index in [1.165, 1.54) is 0 Å². The summed E-state index contributed by atoms with van der Waals surface area (Å²) < 4.78 is 32.7. The summed E-state index contributed by atoms with van der Waals surface area (Å²) in [5, 5.41) is 29.0. The predicted molar refractivity (Wildman–Crippen MR) is 107 cm³/mol. The third kappa shape index (κ3) is 10.7. The zero-order valence-corrected chi connectivity index (χ0v) is 18.7. The summed E-state index contributed by atoms with van der Waals surface area (Å²) in [5.41, 5.74) is 0. The number of aliphatic hydroxyl groups is 3. The predicted octanol–water partition coefficient (Wildman–Crippen LogP) is 2.21. The van der Waals surface area contributed by atoms with Crippen LogP contribution in [0.15, 0.2) is 0 Å². The second-order valence-electron chi connectivity index (χ2n) is 8.02. The van der Waals surface area contributed by atoms with Gasteiger partial charge in [0.1, 0.15) is 12.2 Å². The Morgan fingerprint density at radius 3 is 2.14 bits per heavy atom. The van der Waals surface area contributed by atoms with E-state index in [-0.39, 0.29) is 19.8 Å². The average molecular weight is 442 g/mol. The van der Waals surface area contributed by atoms with Crippen LogP contribution >= 0.6 is 7.82 Å². The molecule has 4 N–H and O–H groups in total. The maximum absolute atomic E-state index is 11.7. The van der Waals surface area contributed by atoms with Crippen molar-refractivity contribution in [3.8, 4) is 0 Å². The molecule has 10 heteroatoms. The van der Waals surface area contributed by atoms with Gasteiger partial charge in [-0.3, -0.25) is 9.05 Å². The normalized spacial score (nSPS) is 29.9. The fraction of sp³-hybridized carbons (Fsp3) is 1.00. The van der Waals surface area contributed by atoms with Crippen molar-refractivity contribution in [2.24, 2.45) is 11.8 Å². The average Bonchev–Trinajstić information content (AvgIpc) is 2.67. The summed E-state index contributed by atoms with van der Waals surface area (Å²) in [6.45, 7) is 6.29. The summed E-state index contributed by atoms with van der Waals surface area (Å²) in [5.74, 6) is 0.127. The first-order valence-electron chi connectivity index (χ1n) is 10.5. The molecule has 174 valence electrons. The van der Waals surface area contributed by atoms with Crippen LogP contribution in [0.3, 0.4) is 0 Å². The molecule has 0 aromatic heterocycles. The third-order valence-electron chi connectivity index (χ3n) is 4.94. The van der Waals surface area contributed by atoms with Gasteiger partial charge in [-0.05, 0) is 31.6 Å². The van der Waals surface area contributed by atoms with Gasteiger partial charge in [0.25, 0.3) is 0 Å². The van der Waals surface area contributed by atoms with Crippen LogP contribution in [0.5, 0.6) is 0 Å². The molecule has 9 nitrogen and oxygen atoms in total. The van der Waals surface area contributed by atoms with Crippen LogP contribution in [0.1, 0.15) is 59.3 Å². The van der Waals surface area contributed by atoms with Gasteiger partial charge in [-0.1, -0.05) is 33.6 Å². The minimum absolute atomic E-state index is 0.157. The van der Waals surface area contributed by atoms with Crippen molar-refractivity contribution >= 4 is 7.82 Å². The van der Waals surface area contributed by atoms with Gasteiger partial charge in [0.2, 0.25) is 0 Å². The van der Waals surface area contributed by atoms with Crippen LogP contribution in [0.25, 0.3) is 0 Å². The minimum Gasteiger partial charge on any atom is -0.394 e. The third-order valence-corrected chi connectivity index (χ3v) is 5.96. The van der Waals surface area contributed by atoms with Crippen molar-refractivity contribution in [3.63, 3.8) is 0 Å². The first-order chi connectivity index (χ1) is 13.7. The molecule has 0 aliphatic carbocycles. The lowest BCUT2D eigenvalue weighted by molar-refractivity contribution is -0.282. The first-order valence-corrected chi connectivity index (χ1v) is 12.0. The zero-order valence-electron chi connectivity index (χ0n) is 17.8. The Bertz CT molecular complexity index is 475. The van der Waals surface area contributed by atoms with E-state index in [1.807, 2.05) is 0 Å². The van der Waals surface area contributed by atoms with Crippen molar-refractivity contribution < 1.29 is 43.3 Å². The van der Waals surface area contributed by atoms with Gasteiger partial charge in [0.05, 0.1) is 25.9 Å². The molecule has 0 radical (unpaired) electrons. The zero-order chi connectivity index (χ0) is 21.9. The van der Waals surface area contributed by atoms with E-state index in [0.717, 1.165) is 32.1 Å². The van der Waals surface area contributed by atoms with Crippen LogP contribution in [0.4, 0.5) is 0 Å². The van der Waals surface area contributed by atoms with Crippen LogP contribution < -0.4 is 0 Å². The van der Waals surface area contributed by atoms with E-state index < -0.39 is 38.3 Å². The van der Waals surface area contributed by atoms with Crippen molar-refractivity contribution in [2.45, 2.75) is 83.9 Å². The fourth-order valence-electron chi connectivity index (χ4n) is 3.06. The van der Waals surface area contributed by atoms with Crippen LogP contribution in [0, 0.1) is 11.8 Å². The number of ether oxygens (including phenoxy) is 2. The quantitative estimate of drug-likeness (QED) is 0.222. The largest absolute Gasteiger partial charge is 0.472 e. The summed E-state index contributed by atoms with van der Waals surface area (Å²) in [4.78, 5) is 9.59. The van der Waals surface area contributed by atoms with Crippen molar-refractivity contribution in [3.05, 3.63) is 0 Å². The van der Waals surface area contributed by atoms with Crippen molar-refractivity contribution in [1.29, 1.82) is 0 Å². The highest BCUT2D eigenvalue weighted by Crippen LogP contribution is 2.43. The smallest absolute Gasteiger partial charge is 0.394 e. The van der Waals surface area contributed by atoms with Gasteiger partial charge in [-0.2, -0.15) is 0 Å². The van der Waals surface area contributed by atoms with E-state index in [0.29, 0.717) is 18.9 Å². The van der Waals surface area contributed by atoms with Crippen LogP contribution in [-0.2, 0) is 23.1 Å². The lowest BCUT2D eigenvalue weighted by atomic mass is 9.92. The highest BCUT2D eigenvalue weighted by Gasteiger charge is 2.42. The minimum atomic E-state index is -3.97. The Morgan fingerprint density at radius 2 is 1.55 bits per heavy atom. The Hall–Kier alpha value is -0.0900. The molecular formula is C19H39O9P. The molecule has 1 fully saturated rings. The van der Waals surface area contributed by atoms with Gasteiger partial charge in [0.15, 0.2) is 6.29 Å². The van der Waals surface area contributed by atoms with Crippen LogP contribution in [-0.4, -0.2) is 71.2 Å². The summed E-state index contributed by atoms with van der Waals surface area (Å²) in [6, 6.07) is 0. The molecule has 29 heavy (non-hydrogen) atoms. The molecule has 0 amide bonds. The van der Waals surface area contributed by atoms with Gasteiger partial charge < -0.3 is 29.7 Å². The monoisotopic (exact) mass is 442 g/mol. The second-order valence-corrected chi connectivity index (χ2v) is 9.48. The first kappa shape index (κ1) is 26.9. The Morgan fingerprint density at radius 1 is 0.966 bits per heavy atom. The van der Waals surface area contributed by atoms with Gasteiger partial charge >= 0.3 is 7.82 Å². The molecule has 0 aromatic rings. The number of hydrogen-bond donors (Lipinski definition) is 4. The molecule has 1 rings (SSSR count). The Balaban J connectivity index is 2.07. The van der Waals surface area contributed by atoms with Gasteiger partial charge in [0, 0.05) is 12.5 Å². The topological polar surface area (TPSA) is 135 Å². The van der Waals surface area contributed by atoms with E-state index in [9.17, 15) is 24.8 Å². The molecule has 1 aliphatic heterocycles. The molecule has 0 bridgehead atoms. The van der Waals surface area contributed by atoms with Gasteiger partial charge in [-0.25, -0.2) is 4.57 Å². The van der Waals surface area contributed by atoms with Gasteiger partial charge in [-0.15, -0.1) is 0 Å². The summed E-state index contributed by atoms with van der Waals surface area (Å²) in [7, 11) is -3.97. The van der Waals surface area contributed by atoms with Crippen LogP contribution in [0.2, 0.25) is 0 Å². The second kappa shape index (κ2) is 14.1. The maximum atomic E-state index is 11.7. The Kier molecular flexibility index (Phi) is 13.1. The number of aliphatic hydroxyl groups excluding tert-OH is 3. The molecule has 1 saturated heterocycles. The van der Waals surface area contributed by atoms with E-state index >= 15 is 0 Å². The standard InChI is InChI=1S/C19H39O9P/c1-14(2)9-8-12-27-29(23,24)26-11-7-5-4-6-10-25-19-15(3)17(21)18(22)16(13-20)28-19/h14-22H,4-13H2,1-3H3,(H,23,24)/t15-,16?,17?,18-,19+/m0/s1. The van der Waals surface area contributed by atoms with Crippen molar-refractivity contribution in [1.82, 2.24) is 0 Å². The number of rotatable bonds is 15. The summed E-state index contributed by atoms with van der Waals surface area (Å²) in [6.07, 6.45) is 1.01. The lowest BCUT2D eigenvalue weighted by Crippen LogP contribution is -2.55. The molecule has 1 heterocycles. The lowest BCUT2D eigenvalue weighted by Gasteiger charge is -2.40. The number of unbranched alkanes of at least 4 members (excludes halogenated alkanes) is 3. The van der Waals surface area contributed by atoms with Crippen molar-refractivity contribution in [2.75, 3.05) is 26.4 Å². The Labute approximate surface area is 173 Å². The summed E-state index contributed by atoms with van der Waals surface area (Å²) >= 11 is 0. The SMILES string of the molecule is CC(C)CCCOP(=O)(O)OCCCCCCO[C@@H]1OC(CO)[C@H](O)C(O)[C@@H]1C. The number of hydrogen-bond acceptors (Lipinski definition) is 8. The van der Waals surface area contributed by atoms with E-state index in [2.05, 4.69) is 13.8 Å². The molecule has 0 aromatic carbocycles. The molecular weight excluding hydrogens is 403 g/mol. The number of phosphoric ester groups is 1. The molecule has 3 unspecified atom stereocenters. The molecule has 0 saturated carbocycles. The molecule has 0 spiro atoms. The maximum Gasteiger partial charge on any atom is 0.472 e. The highest BCUT2D eigenvalue weighted by atomic mass is 31.2. The van der Waals surface area contributed by atoms with E-state index in [4.69, 9.17) is 18.5 Å². The van der Waals surface area contributed by atoms with E-state index in [1.54, 1.807) is 6.92 Å². The fourth-order valence-corrected chi connectivity index (χ4v) is 3.85.